The molecule has 24 heavy (non-hydrogen) atoms. The number of carbonyl (C=O) groups is 1. The van der Waals surface area contributed by atoms with E-state index < -0.39 is 0 Å². The number of methoxy groups -OCH3 is 1. The summed E-state index contributed by atoms with van der Waals surface area (Å²) in [6, 6.07) is 13.7. The molecule has 2 heterocycles. The first-order valence-corrected chi connectivity index (χ1v) is 8.42. The van der Waals surface area contributed by atoms with Crippen LogP contribution in [0.5, 0.6) is 5.88 Å². The Balaban J connectivity index is 1.77. The van der Waals surface area contributed by atoms with Gasteiger partial charge in [0.05, 0.1) is 19.7 Å². The Morgan fingerprint density at radius 3 is 2.75 bits per heavy atom. The van der Waals surface area contributed by atoms with Crippen LogP contribution in [0.4, 0.5) is 0 Å². The van der Waals surface area contributed by atoms with Crippen molar-refractivity contribution in [3.05, 3.63) is 64.0 Å². The summed E-state index contributed by atoms with van der Waals surface area (Å²) in [6.45, 7) is 2.43. The molecular formula is C17H18N4O2S. The van der Waals surface area contributed by atoms with Gasteiger partial charge in [-0.2, -0.15) is 0 Å². The zero-order chi connectivity index (χ0) is 16.9. The molecule has 3 rings (SSSR count). The highest BCUT2D eigenvalue weighted by Crippen LogP contribution is 2.21. The minimum absolute atomic E-state index is 0.0959. The van der Waals surface area contributed by atoms with E-state index in [-0.39, 0.29) is 17.6 Å². The van der Waals surface area contributed by atoms with Crippen LogP contribution in [0.1, 0.15) is 33.9 Å². The van der Waals surface area contributed by atoms with Crippen LogP contribution in [0.25, 0.3) is 0 Å². The second-order valence-electron chi connectivity index (χ2n) is 5.30. The lowest BCUT2D eigenvalue weighted by atomic mass is 10.2. The first-order valence-electron chi connectivity index (χ1n) is 7.54. The molecule has 0 radical (unpaired) electrons. The molecule has 0 aliphatic heterocycles. The lowest BCUT2D eigenvalue weighted by molar-refractivity contribution is 0.0932. The molecule has 0 bridgehead atoms. The SMILES string of the molecule is COc1c(C(=O)NC(C)c2cccs2)nnn1Cc1ccccc1. The third kappa shape index (κ3) is 3.46. The van der Waals surface area contributed by atoms with Gasteiger partial charge in [0.1, 0.15) is 0 Å². The molecule has 2 aromatic heterocycles. The summed E-state index contributed by atoms with van der Waals surface area (Å²) in [5, 5.41) is 13.0. The summed E-state index contributed by atoms with van der Waals surface area (Å²) in [5.74, 6) is 0.0572. The number of nitrogens with zero attached hydrogens (tertiary/aromatic N) is 3. The molecule has 0 spiro atoms. The Morgan fingerprint density at radius 2 is 2.08 bits per heavy atom. The maximum absolute atomic E-state index is 12.5. The van der Waals surface area contributed by atoms with Crippen molar-refractivity contribution >= 4 is 17.2 Å². The second kappa shape index (κ2) is 7.27. The van der Waals surface area contributed by atoms with Gasteiger partial charge in [0, 0.05) is 4.88 Å². The molecule has 1 aromatic carbocycles. The summed E-state index contributed by atoms with van der Waals surface area (Å²) in [5.41, 5.74) is 1.25. The molecule has 0 saturated heterocycles. The fourth-order valence-electron chi connectivity index (χ4n) is 2.38. The van der Waals surface area contributed by atoms with Crippen LogP contribution in [0.2, 0.25) is 0 Å². The molecule has 124 valence electrons. The van der Waals surface area contributed by atoms with Gasteiger partial charge < -0.3 is 10.1 Å². The number of aromatic nitrogens is 3. The predicted molar refractivity (Wildman–Crippen MR) is 92.3 cm³/mol. The van der Waals surface area contributed by atoms with Crippen LogP contribution in [0.15, 0.2) is 47.8 Å². The Labute approximate surface area is 144 Å². The van der Waals surface area contributed by atoms with Crippen molar-refractivity contribution in [2.45, 2.75) is 19.5 Å². The second-order valence-corrected chi connectivity index (χ2v) is 6.28. The van der Waals surface area contributed by atoms with E-state index >= 15 is 0 Å². The Bertz CT molecular complexity index is 799. The van der Waals surface area contributed by atoms with Crippen LogP contribution in [-0.4, -0.2) is 28.0 Å². The van der Waals surface area contributed by atoms with Gasteiger partial charge in [-0.15, -0.1) is 16.4 Å². The monoisotopic (exact) mass is 342 g/mol. The van der Waals surface area contributed by atoms with Gasteiger partial charge in [0.15, 0.2) is 0 Å². The topological polar surface area (TPSA) is 69.0 Å². The normalized spacial score (nSPS) is 11.9. The molecule has 1 atom stereocenters. The fourth-order valence-corrected chi connectivity index (χ4v) is 3.12. The lowest BCUT2D eigenvalue weighted by Gasteiger charge is -2.11. The van der Waals surface area contributed by atoms with E-state index in [4.69, 9.17) is 4.74 Å². The highest BCUT2D eigenvalue weighted by atomic mass is 32.1. The molecule has 3 aromatic rings. The largest absolute Gasteiger partial charge is 0.479 e. The molecule has 6 nitrogen and oxygen atoms in total. The van der Waals surface area contributed by atoms with Crippen molar-refractivity contribution in [1.29, 1.82) is 0 Å². The summed E-state index contributed by atoms with van der Waals surface area (Å²) in [6.07, 6.45) is 0. The lowest BCUT2D eigenvalue weighted by Crippen LogP contribution is -2.27. The number of rotatable bonds is 6. The Hall–Kier alpha value is -2.67. The van der Waals surface area contributed by atoms with Gasteiger partial charge in [0.2, 0.25) is 11.6 Å². The van der Waals surface area contributed by atoms with E-state index in [1.165, 1.54) is 7.11 Å². The Kier molecular flexibility index (Phi) is 4.90. The van der Waals surface area contributed by atoms with E-state index in [2.05, 4.69) is 15.6 Å². The van der Waals surface area contributed by atoms with Crippen molar-refractivity contribution in [2.75, 3.05) is 7.11 Å². The fraction of sp³-hybridized carbons (Fsp3) is 0.235. The van der Waals surface area contributed by atoms with Gasteiger partial charge in [-0.1, -0.05) is 41.6 Å². The molecule has 0 aliphatic carbocycles. The van der Waals surface area contributed by atoms with Crippen LogP contribution in [-0.2, 0) is 6.54 Å². The summed E-state index contributed by atoms with van der Waals surface area (Å²) >= 11 is 1.60. The number of ether oxygens (including phenoxy) is 1. The van der Waals surface area contributed by atoms with Gasteiger partial charge >= 0.3 is 0 Å². The van der Waals surface area contributed by atoms with Crippen molar-refractivity contribution in [3.63, 3.8) is 0 Å². The Morgan fingerprint density at radius 1 is 1.29 bits per heavy atom. The summed E-state index contributed by atoms with van der Waals surface area (Å²) in [7, 11) is 1.51. The van der Waals surface area contributed by atoms with E-state index in [9.17, 15) is 4.79 Å². The number of hydrogen-bond acceptors (Lipinski definition) is 5. The van der Waals surface area contributed by atoms with Crippen molar-refractivity contribution in [1.82, 2.24) is 20.3 Å². The zero-order valence-corrected chi connectivity index (χ0v) is 14.3. The van der Waals surface area contributed by atoms with Crippen LogP contribution >= 0.6 is 11.3 Å². The summed E-state index contributed by atoms with van der Waals surface area (Å²) in [4.78, 5) is 13.6. The number of amides is 1. The minimum atomic E-state index is -0.299. The molecule has 0 aliphatic rings. The number of nitrogens with one attached hydrogen (secondary N) is 1. The maximum atomic E-state index is 12.5. The smallest absolute Gasteiger partial charge is 0.278 e. The van der Waals surface area contributed by atoms with Gasteiger partial charge in [0.25, 0.3) is 5.91 Å². The van der Waals surface area contributed by atoms with Gasteiger partial charge in [-0.25, -0.2) is 4.68 Å². The number of benzene rings is 1. The number of hydrogen-bond donors (Lipinski definition) is 1. The number of carbonyl (C=O) groups excluding carboxylic acids is 1. The molecule has 1 unspecified atom stereocenters. The average Bonchev–Trinajstić information content (AvgIpc) is 3.25. The highest BCUT2D eigenvalue weighted by molar-refractivity contribution is 7.10. The summed E-state index contributed by atoms with van der Waals surface area (Å²) < 4.78 is 6.95. The molecule has 1 amide bonds. The first-order chi connectivity index (χ1) is 11.7. The average molecular weight is 342 g/mol. The van der Waals surface area contributed by atoms with Crippen molar-refractivity contribution in [3.8, 4) is 5.88 Å². The number of thiophene rings is 1. The van der Waals surface area contributed by atoms with E-state index in [0.29, 0.717) is 12.4 Å². The minimum Gasteiger partial charge on any atom is -0.479 e. The van der Waals surface area contributed by atoms with Crippen LogP contribution in [0, 0.1) is 0 Å². The molecular weight excluding hydrogens is 324 g/mol. The molecule has 0 saturated carbocycles. The van der Waals surface area contributed by atoms with Crippen molar-refractivity contribution < 1.29 is 9.53 Å². The third-order valence-electron chi connectivity index (χ3n) is 3.59. The van der Waals surface area contributed by atoms with Gasteiger partial charge in [-0.05, 0) is 23.9 Å². The van der Waals surface area contributed by atoms with E-state index in [1.54, 1.807) is 16.0 Å². The zero-order valence-electron chi connectivity index (χ0n) is 13.5. The predicted octanol–water partition coefficient (Wildman–Crippen LogP) is 2.89. The quantitative estimate of drug-likeness (QED) is 0.748. The standard InChI is InChI=1S/C17H18N4O2S/c1-12(14-9-6-10-24-14)18-16(22)15-17(23-2)21(20-19-15)11-13-7-4-3-5-8-13/h3-10,12H,11H2,1-2H3,(H,18,22). The highest BCUT2D eigenvalue weighted by Gasteiger charge is 2.22. The van der Waals surface area contributed by atoms with E-state index in [1.807, 2.05) is 54.8 Å². The van der Waals surface area contributed by atoms with Gasteiger partial charge in [-0.3, -0.25) is 4.79 Å². The van der Waals surface area contributed by atoms with Crippen LogP contribution in [0.3, 0.4) is 0 Å². The van der Waals surface area contributed by atoms with Crippen molar-refractivity contribution in [2.24, 2.45) is 0 Å². The van der Waals surface area contributed by atoms with E-state index in [0.717, 1.165) is 10.4 Å². The molecule has 1 N–H and O–H groups in total. The molecule has 7 heteroatoms. The maximum Gasteiger partial charge on any atom is 0.278 e. The first kappa shape index (κ1) is 16.2. The van der Waals surface area contributed by atoms with Crippen LogP contribution < -0.4 is 10.1 Å². The third-order valence-corrected chi connectivity index (χ3v) is 4.65. The molecule has 0 fully saturated rings.